The van der Waals surface area contributed by atoms with E-state index in [9.17, 15) is 15.0 Å². The molecule has 14 heavy (non-hydrogen) atoms. The number of aromatic carboxylic acids is 1. The average Bonchev–Trinajstić information content (AvgIpc) is 2.15. The molecule has 1 aromatic carbocycles. The summed E-state index contributed by atoms with van der Waals surface area (Å²) < 4.78 is 0. The number of carboxylic acid groups (broad SMARTS) is 1. The Labute approximate surface area is 81.4 Å². The number of hydrogen-bond donors (Lipinski definition) is 3. The first-order chi connectivity index (χ1) is 6.57. The van der Waals surface area contributed by atoms with Gasteiger partial charge in [0.05, 0.1) is 6.10 Å². The molecule has 0 bridgehead atoms. The fourth-order valence-corrected chi connectivity index (χ4v) is 1.29. The molecule has 0 heterocycles. The van der Waals surface area contributed by atoms with Crippen LogP contribution < -0.4 is 0 Å². The number of benzene rings is 1. The van der Waals surface area contributed by atoms with Crippen molar-refractivity contribution in [2.45, 2.75) is 19.4 Å². The number of aliphatic hydroxyl groups is 1. The van der Waals surface area contributed by atoms with Crippen LogP contribution in [0.25, 0.3) is 0 Å². The predicted octanol–water partition coefficient (Wildman–Crippen LogP) is 1.53. The second-order valence-electron chi connectivity index (χ2n) is 2.97. The van der Waals surface area contributed by atoms with Crippen LogP contribution in [0.15, 0.2) is 18.2 Å². The Morgan fingerprint density at radius 3 is 2.64 bits per heavy atom. The molecule has 0 aromatic heterocycles. The van der Waals surface area contributed by atoms with E-state index in [0.717, 1.165) is 0 Å². The number of rotatable bonds is 3. The topological polar surface area (TPSA) is 77.8 Å². The zero-order valence-corrected chi connectivity index (χ0v) is 7.77. The first-order valence-corrected chi connectivity index (χ1v) is 4.31. The molecule has 3 N–H and O–H groups in total. The van der Waals surface area contributed by atoms with Crippen LogP contribution in [0.1, 0.15) is 35.4 Å². The van der Waals surface area contributed by atoms with E-state index in [-0.39, 0.29) is 16.9 Å². The molecular weight excluding hydrogens is 184 g/mol. The monoisotopic (exact) mass is 196 g/mol. The lowest BCUT2D eigenvalue weighted by Crippen LogP contribution is -2.06. The summed E-state index contributed by atoms with van der Waals surface area (Å²) in [7, 11) is 0. The predicted molar refractivity (Wildman–Crippen MR) is 50.3 cm³/mol. The molecule has 0 saturated carbocycles. The van der Waals surface area contributed by atoms with E-state index in [1.165, 1.54) is 18.2 Å². The summed E-state index contributed by atoms with van der Waals surface area (Å²) >= 11 is 0. The van der Waals surface area contributed by atoms with Gasteiger partial charge >= 0.3 is 5.97 Å². The van der Waals surface area contributed by atoms with Gasteiger partial charge in [-0.25, -0.2) is 4.79 Å². The van der Waals surface area contributed by atoms with Crippen LogP contribution in [-0.2, 0) is 0 Å². The third-order valence-corrected chi connectivity index (χ3v) is 2.03. The van der Waals surface area contributed by atoms with Gasteiger partial charge in [-0.05, 0) is 18.1 Å². The van der Waals surface area contributed by atoms with Crippen LogP contribution in [-0.4, -0.2) is 21.3 Å². The van der Waals surface area contributed by atoms with E-state index < -0.39 is 12.1 Å². The first-order valence-electron chi connectivity index (χ1n) is 4.31. The smallest absolute Gasteiger partial charge is 0.339 e. The third kappa shape index (κ3) is 1.85. The van der Waals surface area contributed by atoms with Crippen molar-refractivity contribution in [3.05, 3.63) is 29.3 Å². The maximum atomic E-state index is 10.8. The van der Waals surface area contributed by atoms with Crippen LogP contribution in [0.4, 0.5) is 0 Å². The molecule has 0 spiro atoms. The molecule has 4 nitrogen and oxygen atoms in total. The van der Waals surface area contributed by atoms with E-state index in [2.05, 4.69) is 0 Å². The molecule has 76 valence electrons. The van der Waals surface area contributed by atoms with Crippen LogP contribution >= 0.6 is 0 Å². The molecule has 0 amide bonds. The Balaban J connectivity index is 3.28. The van der Waals surface area contributed by atoms with Gasteiger partial charge in [0.2, 0.25) is 0 Å². The second kappa shape index (κ2) is 4.11. The number of aromatic hydroxyl groups is 1. The average molecular weight is 196 g/mol. The molecule has 0 radical (unpaired) electrons. The number of carbonyl (C=O) groups is 1. The van der Waals surface area contributed by atoms with Gasteiger partial charge in [0.15, 0.2) is 0 Å². The Morgan fingerprint density at radius 2 is 2.14 bits per heavy atom. The zero-order valence-electron chi connectivity index (χ0n) is 7.77. The molecule has 1 rings (SSSR count). The zero-order chi connectivity index (χ0) is 10.7. The van der Waals surface area contributed by atoms with Crippen LogP contribution in [0.2, 0.25) is 0 Å². The summed E-state index contributed by atoms with van der Waals surface area (Å²) in [4.78, 5) is 10.8. The molecule has 0 aliphatic carbocycles. The normalized spacial score (nSPS) is 12.4. The van der Waals surface area contributed by atoms with E-state index in [4.69, 9.17) is 5.11 Å². The molecule has 1 atom stereocenters. The fraction of sp³-hybridized carbons (Fsp3) is 0.300. The minimum atomic E-state index is -1.23. The lowest BCUT2D eigenvalue weighted by molar-refractivity contribution is 0.0685. The number of hydrogen-bond acceptors (Lipinski definition) is 3. The number of carboxylic acids is 1. The highest BCUT2D eigenvalue weighted by Gasteiger charge is 2.18. The lowest BCUT2D eigenvalue weighted by Gasteiger charge is -2.12. The van der Waals surface area contributed by atoms with Crippen molar-refractivity contribution in [1.82, 2.24) is 0 Å². The molecule has 0 aliphatic heterocycles. The molecule has 0 unspecified atom stereocenters. The van der Waals surface area contributed by atoms with Crippen LogP contribution in [0.3, 0.4) is 0 Å². The van der Waals surface area contributed by atoms with Crippen molar-refractivity contribution in [2.75, 3.05) is 0 Å². The SMILES string of the molecule is CC[C@@H](O)c1cccc(O)c1C(=O)O. The molecule has 0 aliphatic rings. The third-order valence-electron chi connectivity index (χ3n) is 2.03. The standard InChI is InChI=1S/C10H12O4/c1-2-7(11)6-4-3-5-8(12)9(6)10(13)14/h3-5,7,11-12H,2H2,1H3,(H,13,14)/t7-/m1/s1. The number of aliphatic hydroxyl groups excluding tert-OH is 1. The highest BCUT2D eigenvalue weighted by atomic mass is 16.4. The molecule has 1 aromatic rings. The van der Waals surface area contributed by atoms with Crippen molar-refractivity contribution in [3.63, 3.8) is 0 Å². The minimum Gasteiger partial charge on any atom is -0.507 e. The minimum absolute atomic E-state index is 0.221. The van der Waals surface area contributed by atoms with Crippen molar-refractivity contribution in [2.24, 2.45) is 0 Å². The summed E-state index contributed by atoms with van der Waals surface area (Å²) in [5, 5.41) is 27.6. The maximum Gasteiger partial charge on any atom is 0.339 e. The second-order valence-corrected chi connectivity index (χ2v) is 2.97. The summed E-state index contributed by atoms with van der Waals surface area (Å²) in [6.07, 6.45) is -0.447. The van der Waals surface area contributed by atoms with Crippen molar-refractivity contribution in [3.8, 4) is 5.75 Å². The molecule has 4 heteroatoms. The summed E-state index contributed by atoms with van der Waals surface area (Å²) in [5.74, 6) is -1.55. The van der Waals surface area contributed by atoms with Gasteiger partial charge in [0.25, 0.3) is 0 Å². The highest BCUT2D eigenvalue weighted by molar-refractivity contribution is 5.92. The van der Waals surface area contributed by atoms with Gasteiger partial charge in [-0.3, -0.25) is 0 Å². The van der Waals surface area contributed by atoms with Gasteiger partial charge in [0, 0.05) is 0 Å². The van der Waals surface area contributed by atoms with Gasteiger partial charge < -0.3 is 15.3 Å². The lowest BCUT2D eigenvalue weighted by atomic mass is 10.00. The van der Waals surface area contributed by atoms with Gasteiger partial charge in [-0.15, -0.1) is 0 Å². The molecular formula is C10H12O4. The van der Waals surface area contributed by atoms with Crippen LogP contribution in [0, 0.1) is 0 Å². The highest BCUT2D eigenvalue weighted by Crippen LogP contribution is 2.27. The largest absolute Gasteiger partial charge is 0.507 e. The Kier molecular flexibility index (Phi) is 3.09. The van der Waals surface area contributed by atoms with Gasteiger partial charge in [-0.1, -0.05) is 19.1 Å². The summed E-state index contributed by atoms with van der Waals surface area (Å²) in [6, 6.07) is 4.29. The Morgan fingerprint density at radius 1 is 1.50 bits per heavy atom. The summed E-state index contributed by atoms with van der Waals surface area (Å²) in [5.41, 5.74) is 0.0295. The quantitative estimate of drug-likeness (QED) is 0.685. The van der Waals surface area contributed by atoms with E-state index >= 15 is 0 Å². The Bertz CT molecular complexity index is 346. The number of phenols is 1. The van der Waals surface area contributed by atoms with E-state index in [1.807, 2.05) is 0 Å². The van der Waals surface area contributed by atoms with E-state index in [1.54, 1.807) is 6.92 Å². The van der Waals surface area contributed by atoms with E-state index in [0.29, 0.717) is 6.42 Å². The first kappa shape index (κ1) is 10.5. The molecule has 0 fully saturated rings. The Hall–Kier alpha value is -1.55. The van der Waals surface area contributed by atoms with Crippen molar-refractivity contribution >= 4 is 5.97 Å². The van der Waals surface area contributed by atoms with Crippen molar-refractivity contribution < 1.29 is 20.1 Å². The summed E-state index contributed by atoms with van der Waals surface area (Å²) in [6.45, 7) is 1.74. The van der Waals surface area contributed by atoms with Crippen molar-refractivity contribution in [1.29, 1.82) is 0 Å². The van der Waals surface area contributed by atoms with Crippen LogP contribution in [0.5, 0.6) is 5.75 Å². The fourth-order valence-electron chi connectivity index (χ4n) is 1.29. The van der Waals surface area contributed by atoms with Gasteiger partial charge in [0.1, 0.15) is 11.3 Å². The van der Waals surface area contributed by atoms with Gasteiger partial charge in [-0.2, -0.15) is 0 Å². The molecule has 0 saturated heterocycles. The maximum absolute atomic E-state index is 10.8.